The van der Waals surface area contributed by atoms with E-state index < -0.39 is 6.10 Å². The lowest BCUT2D eigenvalue weighted by Gasteiger charge is -2.28. The smallest absolute Gasteiger partial charge is 0.228 e. The summed E-state index contributed by atoms with van der Waals surface area (Å²) < 4.78 is 7.03. The van der Waals surface area contributed by atoms with Crippen molar-refractivity contribution in [3.8, 4) is 0 Å². The number of hydrogen-bond acceptors (Lipinski definition) is 5. The van der Waals surface area contributed by atoms with E-state index in [1.807, 2.05) is 18.2 Å². The number of aliphatic hydroxyl groups is 1. The molecule has 2 heterocycles. The number of carbonyl (C=O) groups is 1. The van der Waals surface area contributed by atoms with Gasteiger partial charge in [0, 0.05) is 37.6 Å². The minimum atomic E-state index is -0.551. The molecule has 23 heavy (non-hydrogen) atoms. The molecule has 6 heteroatoms. The normalized spacial score (nSPS) is 17.1. The molecule has 0 bridgehead atoms. The zero-order valence-corrected chi connectivity index (χ0v) is 13.0. The Morgan fingerprint density at radius 2 is 1.96 bits per heavy atom. The number of β-amino-alcohol motifs (C(OH)–C–C–N with tert-alkyl or cyclic N) is 1. The second kappa shape index (κ2) is 7.50. The molecule has 1 aliphatic rings. The Bertz CT molecular complexity index is 636. The van der Waals surface area contributed by atoms with Gasteiger partial charge in [-0.25, -0.2) is 4.98 Å². The summed E-state index contributed by atoms with van der Waals surface area (Å²) in [4.78, 5) is 18.8. The summed E-state index contributed by atoms with van der Waals surface area (Å²) in [5, 5.41) is 10.3. The monoisotopic (exact) mass is 315 g/mol. The quantitative estimate of drug-likeness (QED) is 0.799. The van der Waals surface area contributed by atoms with E-state index >= 15 is 0 Å². The minimum Gasteiger partial charge on any atom is -0.390 e. The first kappa shape index (κ1) is 15.9. The van der Waals surface area contributed by atoms with Crippen molar-refractivity contribution in [1.82, 2.24) is 14.5 Å². The van der Waals surface area contributed by atoms with Gasteiger partial charge in [-0.15, -0.1) is 0 Å². The van der Waals surface area contributed by atoms with Crippen molar-refractivity contribution in [2.75, 3.05) is 32.8 Å². The Hall–Kier alpha value is -2.02. The lowest BCUT2D eigenvalue weighted by Crippen LogP contribution is -2.42. The third-order valence-electron chi connectivity index (χ3n) is 3.93. The Morgan fingerprint density at radius 3 is 2.70 bits per heavy atom. The Labute approximate surface area is 135 Å². The van der Waals surface area contributed by atoms with Crippen molar-refractivity contribution in [2.24, 2.45) is 0 Å². The molecule has 1 saturated heterocycles. The van der Waals surface area contributed by atoms with Crippen LogP contribution in [-0.4, -0.2) is 64.3 Å². The van der Waals surface area contributed by atoms with Crippen molar-refractivity contribution in [1.29, 1.82) is 0 Å². The van der Waals surface area contributed by atoms with Gasteiger partial charge in [0.15, 0.2) is 5.82 Å². The molecule has 0 amide bonds. The van der Waals surface area contributed by atoms with Gasteiger partial charge in [0.05, 0.1) is 25.9 Å². The van der Waals surface area contributed by atoms with Crippen LogP contribution in [-0.2, 0) is 11.3 Å². The first-order valence-corrected chi connectivity index (χ1v) is 7.83. The second-order valence-corrected chi connectivity index (χ2v) is 5.67. The van der Waals surface area contributed by atoms with E-state index in [1.54, 1.807) is 29.1 Å². The number of imidazole rings is 1. The van der Waals surface area contributed by atoms with Gasteiger partial charge in [0.2, 0.25) is 5.78 Å². The summed E-state index contributed by atoms with van der Waals surface area (Å²) >= 11 is 0. The van der Waals surface area contributed by atoms with Crippen LogP contribution in [0.5, 0.6) is 0 Å². The summed E-state index contributed by atoms with van der Waals surface area (Å²) in [6.07, 6.45) is 2.78. The van der Waals surface area contributed by atoms with E-state index in [-0.39, 0.29) is 5.78 Å². The summed E-state index contributed by atoms with van der Waals surface area (Å²) in [6.45, 7) is 3.99. The van der Waals surface area contributed by atoms with E-state index in [2.05, 4.69) is 9.88 Å². The van der Waals surface area contributed by atoms with Crippen molar-refractivity contribution in [3.05, 3.63) is 54.1 Å². The lowest BCUT2D eigenvalue weighted by molar-refractivity contribution is 0.0114. The first-order chi connectivity index (χ1) is 11.2. The van der Waals surface area contributed by atoms with E-state index in [9.17, 15) is 9.90 Å². The van der Waals surface area contributed by atoms with Gasteiger partial charge in [0.25, 0.3) is 0 Å². The van der Waals surface area contributed by atoms with Crippen LogP contribution in [0.2, 0.25) is 0 Å². The molecule has 1 atom stereocenters. The highest BCUT2D eigenvalue weighted by Crippen LogP contribution is 2.09. The van der Waals surface area contributed by atoms with Gasteiger partial charge in [0.1, 0.15) is 0 Å². The number of ether oxygens (including phenoxy) is 1. The Balaban J connectivity index is 1.65. The van der Waals surface area contributed by atoms with Crippen LogP contribution in [0.1, 0.15) is 16.2 Å². The number of ketones is 1. The van der Waals surface area contributed by atoms with Gasteiger partial charge in [-0.05, 0) is 0 Å². The van der Waals surface area contributed by atoms with Gasteiger partial charge in [-0.3, -0.25) is 9.69 Å². The van der Waals surface area contributed by atoms with Gasteiger partial charge < -0.3 is 14.4 Å². The standard InChI is InChI=1S/C17H21N3O3/c21-15(12-19-8-10-23-11-9-19)13-20-7-6-18-17(20)16(22)14-4-2-1-3-5-14/h1-7,15,21H,8-13H2. The van der Waals surface area contributed by atoms with Crippen LogP contribution in [0.15, 0.2) is 42.7 Å². The molecule has 2 aromatic rings. The fourth-order valence-electron chi connectivity index (χ4n) is 2.75. The number of carbonyl (C=O) groups excluding carboxylic acids is 1. The number of morpholine rings is 1. The molecule has 1 aromatic heterocycles. The number of rotatable bonds is 6. The van der Waals surface area contributed by atoms with E-state index in [1.165, 1.54) is 0 Å². The third kappa shape index (κ3) is 4.04. The average Bonchev–Trinajstić information content (AvgIpc) is 3.03. The number of nitrogens with zero attached hydrogens (tertiary/aromatic N) is 3. The maximum absolute atomic E-state index is 12.5. The first-order valence-electron chi connectivity index (χ1n) is 7.83. The minimum absolute atomic E-state index is 0.130. The van der Waals surface area contributed by atoms with Gasteiger partial charge >= 0.3 is 0 Å². The van der Waals surface area contributed by atoms with E-state index in [4.69, 9.17) is 4.74 Å². The maximum Gasteiger partial charge on any atom is 0.228 e. The molecule has 0 aliphatic carbocycles. The molecule has 1 aliphatic heterocycles. The van der Waals surface area contributed by atoms with Crippen molar-refractivity contribution < 1.29 is 14.6 Å². The summed E-state index contributed by atoms with van der Waals surface area (Å²) in [5.41, 5.74) is 0.600. The highest BCUT2D eigenvalue weighted by molar-refractivity contribution is 6.06. The van der Waals surface area contributed by atoms with Crippen LogP contribution in [0.25, 0.3) is 0 Å². The van der Waals surface area contributed by atoms with Gasteiger partial charge in [-0.1, -0.05) is 30.3 Å². The lowest BCUT2D eigenvalue weighted by atomic mass is 10.1. The molecule has 1 N–H and O–H groups in total. The molecule has 122 valence electrons. The zero-order valence-electron chi connectivity index (χ0n) is 13.0. The Morgan fingerprint density at radius 1 is 1.22 bits per heavy atom. The number of hydrogen-bond donors (Lipinski definition) is 1. The predicted molar refractivity (Wildman–Crippen MR) is 85.4 cm³/mol. The molecular weight excluding hydrogens is 294 g/mol. The number of aliphatic hydroxyl groups excluding tert-OH is 1. The van der Waals surface area contributed by atoms with E-state index in [0.29, 0.717) is 37.7 Å². The molecule has 0 saturated carbocycles. The van der Waals surface area contributed by atoms with Crippen LogP contribution in [0.3, 0.4) is 0 Å². The fourth-order valence-corrected chi connectivity index (χ4v) is 2.75. The van der Waals surface area contributed by atoms with Crippen LogP contribution in [0.4, 0.5) is 0 Å². The van der Waals surface area contributed by atoms with Crippen molar-refractivity contribution >= 4 is 5.78 Å². The Kier molecular flexibility index (Phi) is 5.17. The number of benzene rings is 1. The van der Waals surface area contributed by atoms with E-state index in [0.717, 1.165) is 13.1 Å². The second-order valence-electron chi connectivity index (χ2n) is 5.67. The molecular formula is C17H21N3O3. The highest BCUT2D eigenvalue weighted by atomic mass is 16.5. The third-order valence-corrected chi connectivity index (χ3v) is 3.93. The average molecular weight is 315 g/mol. The summed E-state index contributed by atoms with van der Waals surface area (Å²) in [6, 6.07) is 9.06. The van der Waals surface area contributed by atoms with Crippen molar-refractivity contribution in [2.45, 2.75) is 12.6 Å². The van der Waals surface area contributed by atoms with Crippen LogP contribution in [0, 0.1) is 0 Å². The molecule has 6 nitrogen and oxygen atoms in total. The molecule has 1 aromatic carbocycles. The molecule has 0 radical (unpaired) electrons. The molecule has 1 fully saturated rings. The topological polar surface area (TPSA) is 67.6 Å². The summed E-state index contributed by atoms with van der Waals surface area (Å²) in [5.74, 6) is 0.228. The predicted octanol–water partition coefficient (Wildman–Crippen LogP) is 0.807. The van der Waals surface area contributed by atoms with Crippen LogP contribution < -0.4 is 0 Å². The maximum atomic E-state index is 12.5. The van der Waals surface area contributed by atoms with Crippen LogP contribution >= 0.6 is 0 Å². The fraction of sp³-hybridized carbons (Fsp3) is 0.412. The summed E-state index contributed by atoms with van der Waals surface area (Å²) in [7, 11) is 0. The largest absolute Gasteiger partial charge is 0.390 e. The SMILES string of the molecule is O=C(c1ccccc1)c1nccn1CC(O)CN1CCOCC1. The van der Waals surface area contributed by atoms with Gasteiger partial charge in [-0.2, -0.15) is 0 Å². The molecule has 1 unspecified atom stereocenters. The molecule has 0 spiro atoms. The molecule has 3 rings (SSSR count). The number of aromatic nitrogens is 2. The zero-order chi connectivity index (χ0) is 16.1. The van der Waals surface area contributed by atoms with Crippen molar-refractivity contribution in [3.63, 3.8) is 0 Å². The highest BCUT2D eigenvalue weighted by Gasteiger charge is 2.19.